The highest BCUT2D eigenvalue weighted by atomic mass is 32.1. The Kier molecular flexibility index (Phi) is 4.08. The summed E-state index contributed by atoms with van der Waals surface area (Å²) in [5.41, 5.74) is 4.84. The van der Waals surface area contributed by atoms with Crippen molar-refractivity contribution < 1.29 is 2.74 Å². The van der Waals surface area contributed by atoms with E-state index in [2.05, 4.69) is 70.6 Å². The maximum absolute atomic E-state index is 8.63. The topological polar surface area (TPSA) is 17.8 Å². The number of benzene rings is 4. The van der Waals surface area contributed by atoms with Gasteiger partial charge in [0, 0.05) is 29.2 Å². The Morgan fingerprint density at radius 3 is 2.62 bits per heavy atom. The van der Waals surface area contributed by atoms with E-state index in [-0.39, 0.29) is 5.92 Å². The Morgan fingerprint density at radius 2 is 1.72 bits per heavy atom. The number of aromatic nitrogens is 2. The minimum absolute atomic E-state index is 0.118. The summed E-state index contributed by atoms with van der Waals surface area (Å²) in [5, 5.41) is 5.56. The Bertz CT molecular complexity index is 1670. The molecule has 0 aliphatic heterocycles. The molecule has 0 unspecified atom stereocenters. The van der Waals surface area contributed by atoms with Crippen LogP contribution in [0.25, 0.3) is 49.0 Å². The molecule has 0 fully saturated rings. The van der Waals surface area contributed by atoms with Crippen molar-refractivity contribution in [3.8, 4) is 17.1 Å². The van der Waals surface area contributed by atoms with Crippen LogP contribution in [0.4, 0.5) is 0 Å². The summed E-state index contributed by atoms with van der Waals surface area (Å²) < 4.78 is 20.6. The van der Waals surface area contributed by atoms with E-state index in [1.165, 1.54) is 10.8 Å². The summed E-state index contributed by atoms with van der Waals surface area (Å²) in [4.78, 5) is 5.09. The molecule has 0 radical (unpaired) electrons. The lowest BCUT2D eigenvalue weighted by Gasteiger charge is -2.13. The van der Waals surface area contributed by atoms with E-state index in [0.717, 1.165) is 38.2 Å². The number of rotatable bonds is 4. The van der Waals surface area contributed by atoms with Crippen LogP contribution >= 0.6 is 11.3 Å². The predicted octanol–water partition coefficient (Wildman–Crippen LogP) is 8.26. The Morgan fingerprint density at radius 1 is 0.906 bits per heavy atom. The van der Waals surface area contributed by atoms with E-state index < -0.39 is 6.37 Å². The molecule has 0 atom stereocenters. The molecule has 156 valence electrons. The van der Waals surface area contributed by atoms with Gasteiger partial charge in [-0.1, -0.05) is 68.4 Å². The highest BCUT2D eigenvalue weighted by Crippen LogP contribution is 2.38. The van der Waals surface area contributed by atoms with Crippen LogP contribution in [0.15, 0.2) is 90.3 Å². The average molecular weight is 435 g/mol. The van der Waals surface area contributed by atoms with Gasteiger partial charge in [-0.25, -0.2) is 4.98 Å². The van der Waals surface area contributed by atoms with Crippen molar-refractivity contribution in [2.45, 2.75) is 20.2 Å². The van der Waals surface area contributed by atoms with Gasteiger partial charge in [0.05, 0.1) is 16.7 Å². The summed E-state index contributed by atoms with van der Waals surface area (Å²) in [6, 6.07) is 29.1. The van der Waals surface area contributed by atoms with Crippen LogP contribution in [0.1, 0.15) is 22.2 Å². The van der Waals surface area contributed by atoms with E-state index in [1.54, 1.807) is 11.3 Å². The Balaban J connectivity index is 1.67. The highest BCUT2D eigenvalue weighted by Gasteiger charge is 2.19. The molecule has 0 N–H and O–H groups in total. The van der Waals surface area contributed by atoms with Crippen LogP contribution in [0.5, 0.6) is 0 Å². The molecular weight excluding hydrogens is 408 g/mol. The van der Waals surface area contributed by atoms with Crippen LogP contribution in [-0.4, -0.2) is 9.55 Å². The van der Waals surface area contributed by atoms with Crippen molar-refractivity contribution in [1.29, 1.82) is 0 Å². The molecule has 6 aromatic rings. The zero-order valence-electron chi connectivity index (χ0n) is 20.0. The van der Waals surface area contributed by atoms with Gasteiger partial charge in [0.1, 0.15) is 5.82 Å². The molecule has 32 heavy (non-hydrogen) atoms. The van der Waals surface area contributed by atoms with Crippen molar-refractivity contribution in [2.75, 3.05) is 0 Å². The van der Waals surface area contributed by atoms with Crippen LogP contribution in [0.2, 0.25) is 0 Å². The molecule has 0 aliphatic rings. The quantitative estimate of drug-likeness (QED) is 0.273. The first-order valence-corrected chi connectivity index (χ1v) is 11.8. The summed E-state index contributed by atoms with van der Waals surface area (Å²) in [5.74, 6) is 0.762. The van der Waals surface area contributed by atoms with Gasteiger partial charge in [-0.2, -0.15) is 0 Å². The van der Waals surface area contributed by atoms with Gasteiger partial charge in [-0.05, 0) is 53.6 Å². The third kappa shape index (κ3) is 3.12. The molecule has 0 bridgehead atoms. The second kappa shape index (κ2) is 7.61. The predicted molar refractivity (Wildman–Crippen MR) is 138 cm³/mol. The zero-order valence-corrected chi connectivity index (χ0v) is 18.9. The normalized spacial score (nSPS) is 13.2. The number of para-hydroxylation sites is 2. The minimum Gasteiger partial charge on any atom is -0.292 e. The number of hydrogen-bond acceptors (Lipinski definition) is 2. The van der Waals surface area contributed by atoms with Crippen molar-refractivity contribution in [3.05, 3.63) is 95.9 Å². The van der Waals surface area contributed by atoms with Crippen molar-refractivity contribution >= 4 is 43.2 Å². The fourth-order valence-corrected chi connectivity index (χ4v) is 5.40. The molecule has 6 rings (SSSR count). The van der Waals surface area contributed by atoms with Gasteiger partial charge in [0.2, 0.25) is 0 Å². The van der Waals surface area contributed by atoms with Crippen LogP contribution < -0.4 is 0 Å². The second-order valence-electron chi connectivity index (χ2n) is 8.42. The number of thiophene rings is 1. The van der Waals surface area contributed by atoms with Gasteiger partial charge in [-0.15, -0.1) is 11.3 Å². The summed E-state index contributed by atoms with van der Waals surface area (Å²) in [6.45, 7) is 3.86. The molecule has 4 aromatic carbocycles. The third-order valence-electron chi connectivity index (χ3n) is 5.84. The van der Waals surface area contributed by atoms with E-state index in [1.807, 2.05) is 38.1 Å². The number of nitrogens with zero attached hydrogens (tertiary/aromatic N) is 2. The van der Waals surface area contributed by atoms with Gasteiger partial charge in [0.25, 0.3) is 0 Å². The Hall–Kier alpha value is -3.43. The maximum atomic E-state index is 8.63. The van der Waals surface area contributed by atoms with E-state index in [9.17, 15) is 0 Å². The third-order valence-corrected chi connectivity index (χ3v) is 6.80. The zero-order chi connectivity index (χ0) is 23.4. The fourth-order valence-electron chi connectivity index (χ4n) is 4.48. The first kappa shape index (κ1) is 17.2. The average Bonchev–Trinajstić information content (AvgIpc) is 3.44. The van der Waals surface area contributed by atoms with Crippen LogP contribution in [-0.2, 0) is 6.37 Å². The van der Waals surface area contributed by atoms with E-state index in [4.69, 9.17) is 7.73 Å². The maximum Gasteiger partial charge on any atom is 0.147 e. The van der Waals surface area contributed by atoms with Crippen molar-refractivity contribution in [3.63, 3.8) is 0 Å². The summed E-state index contributed by atoms with van der Waals surface area (Å²) >= 11 is 1.68. The molecule has 3 heteroatoms. The van der Waals surface area contributed by atoms with Gasteiger partial charge >= 0.3 is 0 Å². The van der Waals surface area contributed by atoms with E-state index in [0.29, 0.717) is 5.56 Å². The second-order valence-corrected chi connectivity index (χ2v) is 9.33. The summed E-state index contributed by atoms with van der Waals surface area (Å²) in [7, 11) is 0. The molecule has 0 spiro atoms. The molecule has 2 heterocycles. The van der Waals surface area contributed by atoms with Gasteiger partial charge < -0.3 is 0 Å². The van der Waals surface area contributed by atoms with Crippen LogP contribution in [0.3, 0.4) is 0 Å². The van der Waals surface area contributed by atoms with Gasteiger partial charge in [0.15, 0.2) is 0 Å². The van der Waals surface area contributed by atoms with Crippen molar-refractivity contribution in [2.24, 2.45) is 5.92 Å². The number of hydrogen-bond donors (Lipinski definition) is 0. The monoisotopic (exact) mass is 434 g/mol. The Labute approximate surface area is 194 Å². The van der Waals surface area contributed by atoms with Crippen molar-refractivity contribution in [1.82, 2.24) is 9.55 Å². The lowest BCUT2D eigenvalue weighted by Crippen LogP contribution is -1.98. The number of fused-ring (bicyclic) bond motifs is 3. The van der Waals surface area contributed by atoms with Gasteiger partial charge in [-0.3, -0.25) is 4.57 Å². The largest absolute Gasteiger partial charge is 0.292 e. The van der Waals surface area contributed by atoms with E-state index >= 15 is 0 Å². The fraction of sp³-hybridized carbons (Fsp3) is 0.138. The molecule has 2 aromatic heterocycles. The standard InChI is InChI=1S/C29H24N2S/c1-19(2)16-20-14-15-28-23(17-20)24(18-32-28)29-30-25-11-5-6-12-27(25)31(29)26-13-7-9-21-8-3-4-10-22(21)26/h3-15,17-19H,16H2,1-2H3/i16D2. The highest BCUT2D eigenvalue weighted by molar-refractivity contribution is 7.17. The van der Waals surface area contributed by atoms with Crippen LogP contribution in [0, 0.1) is 5.92 Å². The first-order chi connectivity index (χ1) is 16.4. The SMILES string of the molecule is [2H]C([2H])(c1ccc2scc(-c3nc4ccccc4n3-c3cccc4ccccc34)c2c1)C(C)C. The molecule has 0 saturated heterocycles. The minimum atomic E-state index is -1.40. The molecule has 0 saturated carbocycles. The smallest absolute Gasteiger partial charge is 0.147 e. The molecule has 0 amide bonds. The lowest BCUT2D eigenvalue weighted by molar-refractivity contribution is 0.648. The molecule has 0 aliphatic carbocycles. The summed E-state index contributed by atoms with van der Waals surface area (Å²) in [6.07, 6.45) is -1.40. The first-order valence-electron chi connectivity index (χ1n) is 11.9. The lowest BCUT2D eigenvalue weighted by atomic mass is 10.0. The molecule has 2 nitrogen and oxygen atoms in total. The number of imidazole rings is 1. The molecular formula is C29H24N2S.